The average Bonchev–Trinajstić information content (AvgIpc) is 2.86. The number of allylic oxidation sites excluding steroid dienone is 4. The molecule has 0 amide bonds. The maximum absolute atomic E-state index is 12.5. The highest BCUT2D eigenvalue weighted by atomic mass is 16.6. The predicted octanol–water partition coefficient (Wildman–Crippen LogP) is 3.10. The van der Waals surface area contributed by atoms with E-state index in [0.29, 0.717) is 6.42 Å². The first-order valence-corrected chi connectivity index (χ1v) is 7.49. The highest BCUT2D eigenvalue weighted by Gasteiger charge is 2.48. The molecular formula is C17H22O4. The van der Waals surface area contributed by atoms with E-state index in [0.717, 1.165) is 30.4 Å². The summed E-state index contributed by atoms with van der Waals surface area (Å²) in [5, 5.41) is 0. The molecule has 4 nitrogen and oxygen atoms in total. The summed E-state index contributed by atoms with van der Waals surface area (Å²) in [6, 6.07) is 0. The van der Waals surface area contributed by atoms with Crippen LogP contribution in [-0.2, 0) is 19.1 Å². The average molecular weight is 290 g/mol. The van der Waals surface area contributed by atoms with Crippen LogP contribution in [0.2, 0.25) is 0 Å². The topological polar surface area (TPSA) is 52.6 Å². The fraction of sp³-hybridized carbons (Fsp3) is 0.529. The molecule has 0 heterocycles. The lowest BCUT2D eigenvalue weighted by Crippen LogP contribution is -2.40. The van der Waals surface area contributed by atoms with Crippen LogP contribution in [0.1, 0.15) is 39.5 Å². The number of hydrogen-bond donors (Lipinski definition) is 0. The monoisotopic (exact) mass is 290 g/mol. The van der Waals surface area contributed by atoms with Gasteiger partial charge < -0.3 is 9.47 Å². The Balaban J connectivity index is 2.45. The molecule has 0 saturated heterocycles. The van der Waals surface area contributed by atoms with Crippen LogP contribution in [0.15, 0.2) is 35.5 Å². The second-order valence-electron chi connectivity index (χ2n) is 5.38. The third-order valence-electron chi connectivity index (χ3n) is 4.06. The summed E-state index contributed by atoms with van der Waals surface area (Å²) in [7, 11) is 0. The van der Waals surface area contributed by atoms with E-state index in [-0.39, 0.29) is 13.2 Å². The molecule has 0 aliphatic heterocycles. The first-order valence-electron chi connectivity index (χ1n) is 7.49. The van der Waals surface area contributed by atoms with E-state index in [1.165, 1.54) is 5.57 Å². The van der Waals surface area contributed by atoms with Gasteiger partial charge in [0.1, 0.15) is 0 Å². The van der Waals surface area contributed by atoms with Crippen molar-refractivity contribution in [3.63, 3.8) is 0 Å². The maximum atomic E-state index is 12.5. The Morgan fingerprint density at radius 1 is 1.19 bits per heavy atom. The number of esters is 2. The molecule has 0 radical (unpaired) electrons. The second-order valence-corrected chi connectivity index (χ2v) is 5.38. The summed E-state index contributed by atoms with van der Waals surface area (Å²) < 4.78 is 10.3. The Morgan fingerprint density at radius 2 is 1.81 bits per heavy atom. The summed E-state index contributed by atoms with van der Waals surface area (Å²) in [6.07, 6.45) is 6.62. The molecule has 4 heteroatoms. The number of ether oxygens (including phenoxy) is 2. The van der Waals surface area contributed by atoms with Gasteiger partial charge in [-0.25, -0.2) is 0 Å². The number of hydrogen-bond acceptors (Lipinski definition) is 4. The lowest BCUT2D eigenvalue weighted by molar-refractivity contribution is -0.167. The standard InChI is InChI=1S/C17H22O4/c1-4-20-15(18)17(16(19)21-5-2)10-9-12(3)14-8-6-7-13(14)11-17/h9-10H,3-8,11H2,1-2H3. The van der Waals surface area contributed by atoms with Crippen LogP contribution in [0.25, 0.3) is 0 Å². The Morgan fingerprint density at radius 3 is 2.38 bits per heavy atom. The van der Waals surface area contributed by atoms with Gasteiger partial charge in [0, 0.05) is 0 Å². The van der Waals surface area contributed by atoms with Crippen molar-refractivity contribution in [2.24, 2.45) is 5.41 Å². The summed E-state index contributed by atoms with van der Waals surface area (Å²) >= 11 is 0. The van der Waals surface area contributed by atoms with Gasteiger partial charge in [-0.2, -0.15) is 0 Å². The molecule has 0 spiro atoms. The molecule has 0 atom stereocenters. The van der Waals surface area contributed by atoms with E-state index in [1.807, 2.05) is 0 Å². The summed E-state index contributed by atoms with van der Waals surface area (Å²) in [6.45, 7) is 7.98. The first kappa shape index (κ1) is 15.5. The molecule has 0 unspecified atom stereocenters. The highest BCUT2D eigenvalue weighted by molar-refractivity contribution is 6.03. The van der Waals surface area contributed by atoms with Gasteiger partial charge in [-0.3, -0.25) is 9.59 Å². The van der Waals surface area contributed by atoms with E-state index >= 15 is 0 Å². The van der Waals surface area contributed by atoms with Crippen molar-refractivity contribution in [2.45, 2.75) is 39.5 Å². The Hall–Kier alpha value is -1.84. The van der Waals surface area contributed by atoms with Gasteiger partial charge in [-0.15, -0.1) is 0 Å². The maximum Gasteiger partial charge on any atom is 0.327 e. The Labute approximate surface area is 125 Å². The molecule has 21 heavy (non-hydrogen) atoms. The third-order valence-corrected chi connectivity index (χ3v) is 4.06. The largest absolute Gasteiger partial charge is 0.465 e. The molecule has 0 bridgehead atoms. The van der Waals surface area contributed by atoms with Gasteiger partial charge in [-0.05, 0) is 50.7 Å². The van der Waals surface area contributed by atoms with Gasteiger partial charge in [0.05, 0.1) is 13.2 Å². The van der Waals surface area contributed by atoms with Crippen molar-refractivity contribution in [3.05, 3.63) is 35.5 Å². The van der Waals surface area contributed by atoms with Gasteiger partial charge in [0.2, 0.25) is 0 Å². The summed E-state index contributed by atoms with van der Waals surface area (Å²) in [5.41, 5.74) is 1.84. The van der Waals surface area contributed by atoms with Crippen molar-refractivity contribution < 1.29 is 19.1 Å². The lowest BCUT2D eigenvalue weighted by atomic mass is 9.81. The van der Waals surface area contributed by atoms with Crippen molar-refractivity contribution in [3.8, 4) is 0 Å². The predicted molar refractivity (Wildman–Crippen MR) is 79.5 cm³/mol. The number of carbonyl (C=O) groups excluding carboxylic acids is 2. The van der Waals surface area contributed by atoms with Gasteiger partial charge >= 0.3 is 11.9 Å². The normalized spacial score (nSPS) is 20.0. The Bertz CT molecular complexity index is 507. The van der Waals surface area contributed by atoms with Crippen molar-refractivity contribution >= 4 is 11.9 Å². The molecule has 0 aromatic carbocycles. The molecule has 0 aromatic heterocycles. The molecule has 2 aliphatic rings. The number of rotatable bonds is 4. The van der Waals surface area contributed by atoms with E-state index in [9.17, 15) is 9.59 Å². The van der Waals surface area contributed by atoms with Crippen molar-refractivity contribution in [1.29, 1.82) is 0 Å². The SMILES string of the molecule is C=C1C=CC(C(=O)OCC)(C(=O)OCC)CC2=C1CCC2. The minimum atomic E-state index is -1.36. The summed E-state index contributed by atoms with van der Waals surface area (Å²) in [5.74, 6) is -1.07. The van der Waals surface area contributed by atoms with Gasteiger partial charge in [0.15, 0.2) is 5.41 Å². The highest BCUT2D eigenvalue weighted by Crippen LogP contribution is 2.43. The van der Waals surface area contributed by atoms with Crippen LogP contribution < -0.4 is 0 Å². The minimum absolute atomic E-state index is 0.237. The molecule has 114 valence electrons. The third kappa shape index (κ3) is 2.80. The first-order chi connectivity index (χ1) is 10.0. The Kier molecular flexibility index (Phi) is 4.66. The van der Waals surface area contributed by atoms with Gasteiger partial charge in [0.25, 0.3) is 0 Å². The lowest BCUT2D eigenvalue weighted by Gasteiger charge is -2.26. The zero-order valence-corrected chi connectivity index (χ0v) is 12.7. The quantitative estimate of drug-likeness (QED) is 0.590. The van der Waals surface area contributed by atoms with Crippen LogP contribution in [0.4, 0.5) is 0 Å². The van der Waals surface area contributed by atoms with E-state index < -0.39 is 17.4 Å². The molecule has 0 aromatic rings. The van der Waals surface area contributed by atoms with Crippen molar-refractivity contribution in [1.82, 2.24) is 0 Å². The zero-order chi connectivity index (χ0) is 15.5. The van der Waals surface area contributed by atoms with Crippen LogP contribution in [-0.4, -0.2) is 25.2 Å². The molecule has 2 rings (SSSR count). The fourth-order valence-electron chi connectivity index (χ4n) is 3.01. The smallest absolute Gasteiger partial charge is 0.327 e. The second kappa shape index (κ2) is 6.29. The molecule has 0 fully saturated rings. The van der Waals surface area contributed by atoms with Crippen LogP contribution in [0, 0.1) is 5.41 Å². The van der Waals surface area contributed by atoms with Crippen LogP contribution in [0.5, 0.6) is 0 Å². The molecule has 0 saturated carbocycles. The zero-order valence-electron chi connectivity index (χ0n) is 12.7. The van der Waals surface area contributed by atoms with Crippen molar-refractivity contribution in [2.75, 3.05) is 13.2 Å². The van der Waals surface area contributed by atoms with Gasteiger partial charge in [-0.1, -0.05) is 24.3 Å². The van der Waals surface area contributed by atoms with E-state index in [4.69, 9.17) is 9.47 Å². The van der Waals surface area contributed by atoms with E-state index in [1.54, 1.807) is 26.0 Å². The molecule has 2 aliphatic carbocycles. The van der Waals surface area contributed by atoms with Crippen LogP contribution >= 0.6 is 0 Å². The molecule has 0 N–H and O–H groups in total. The van der Waals surface area contributed by atoms with Crippen LogP contribution in [0.3, 0.4) is 0 Å². The fourth-order valence-corrected chi connectivity index (χ4v) is 3.01. The minimum Gasteiger partial charge on any atom is -0.465 e. The molecular weight excluding hydrogens is 268 g/mol. The van der Waals surface area contributed by atoms with E-state index in [2.05, 4.69) is 6.58 Å². The summed E-state index contributed by atoms with van der Waals surface area (Å²) in [4.78, 5) is 24.9. The number of carbonyl (C=O) groups is 2.